The molecule has 1 rings (SSSR count). The minimum Gasteiger partial charge on any atom is -0.461 e. The number of hydrogen-bond donors (Lipinski definition) is 1. The Bertz CT molecular complexity index is 454. The summed E-state index contributed by atoms with van der Waals surface area (Å²) in [6, 6.07) is 8.76. The van der Waals surface area contributed by atoms with E-state index in [2.05, 4.69) is 15.1 Å². The molecule has 6 heteroatoms. The van der Waals surface area contributed by atoms with Gasteiger partial charge in [0.1, 0.15) is 12.8 Å². The number of carbonyl (C=O) groups excluding carboxylic acids is 1. The molecule has 0 radical (unpaired) electrons. The first-order valence-corrected chi connectivity index (χ1v) is 5.30. The third-order valence-corrected chi connectivity index (χ3v) is 2.02. The summed E-state index contributed by atoms with van der Waals surface area (Å²) in [5.74, 6) is -0.764. The molecule has 0 amide bonds. The van der Waals surface area contributed by atoms with E-state index in [1.807, 2.05) is 6.07 Å². The molecule has 0 spiro atoms. The molecule has 1 N–H and O–H groups in total. The summed E-state index contributed by atoms with van der Waals surface area (Å²) in [5, 5.41) is 15.6. The van der Waals surface area contributed by atoms with E-state index in [0.717, 1.165) is 0 Å². The molecule has 0 aromatic heterocycles. The van der Waals surface area contributed by atoms with Crippen molar-refractivity contribution in [2.45, 2.75) is 6.92 Å². The molecule has 18 heavy (non-hydrogen) atoms. The number of oxime groups is 2. The number of esters is 1. The zero-order valence-electron chi connectivity index (χ0n) is 10.2. The molecular weight excluding hydrogens is 236 g/mol. The lowest BCUT2D eigenvalue weighted by Crippen LogP contribution is -2.27. The Morgan fingerprint density at radius 1 is 1.33 bits per heavy atom. The zero-order valence-corrected chi connectivity index (χ0v) is 10.2. The average molecular weight is 250 g/mol. The van der Waals surface area contributed by atoms with Crippen molar-refractivity contribution in [3.05, 3.63) is 35.9 Å². The van der Waals surface area contributed by atoms with Gasteiger partial charge in [-0.2, -0.15) is 0 Å². The van der Waals surface area contributed by atoms with Gasteiger partial charge in [0, 0.05) is 5.56 Å². The highest BCUT2D eigenvalue weighted by Gasteiger charge is 2.22. The maximum Gasteiger partial charge on any atom is 0.362 e. The molecule has 96 valence electrons. The van der Waals surface area contributed by atoms with Crippen LogP contribution in [0.15, 0.2) is 40.6 Å². The van der Waals surface area contributed by atoms with Crippen molar-refractivity contribution < 1.29 is 19.6 Å². The van der Waals surface area contributed by atoms with Crippen LogP contribution in [0.4, 0.5) is 0 Å². The minimum absolute atomic E-state index is 0.110. The highest BCUT2D eigenvalue weighted by Crippen LogP contribution is 2.05. The van der Waals surface area contributed by atoms with E-state index < -0.39 is 5.97 Å². The normalized spacial score (nSPS) is 12.1. The number of nitrogens with zero attached hydrogens (tertiary/aromatic N) is 2. The molecule has 1 aromatic rings. The summed E-state index contributed by atoms with van der Waals surface area (Å²) < 4.78 is 4.78. The maximum absolute atomic E-state index is 11.6. The van der Waals surface area contributed by atoms with Gasteiger partial charge in [0.25, 0.3) is 0 Å². The van der Waals surface area contributed by atoms with E-state index in [-0.39, 0.29) is 18.0 Å². The Balaban J connectivity index is 3.13. The lowest BCUT2D eigenvalue weighted by molar-refractivity contribution is -0.134. The van der Waals surface area contributed by atoms with Crippen molar-refractivity contribution in [2.24, 2.45) is 10.3 Å². The predicted molar refractivity (Wildman–Crippen MR) is 65.8 cm³/mol. The minimum atomic E-state index is -0.764. The SMILES string of the molecule is CCOC(=O)C(=N\O)/C(=N\OC)c1ccccc1. The maximum atomic E-state index is 11.6. The molecule has 6 nitrogen and oxygen atoms in total. The van der Waals surface area contributed by atoms with E-state index in [9.17, 15) is 4.79 Å². The summed E-state index contributed by atoms with van der Waals surface area (Å²) in [5.41, 5.74) is 0.393. The predicted octanol–water partition coefficient (Wildman–Crippen LogP) is 1.43. The van der Waals surface area contributed by atoms with Crippen LogP contribution in [0.3, 0.4) is 0 Å². The molecule has 0 atom stereocenters. The molecule has 0 saturated heterocycles. The van der Waals surface area contributed by atoms with Crippen LogP contribution in [0.1, 0.15) is 12.5 Å². The number of benzene rings is 1. The fourth-order valence-corrected chi connectivity index (χ4v) is 1.30. The Kier molecular flexibility index (Phi) is 5.37. The highest BCUT2D eigenvalue weighted by atomic mass is 16.6. The molecule has 0 saturated carbocycles. The van der Waals surface area contributed by atoms with Gasteiger partial charge in [0.15, 0.2) is 0 Å². The van der Waals surface area contributed by atoms with E-state index in [1.165, 1.54) is 7.11 Å². The Hall–Kier alpha value is -2.37. The van der Waals surface area contributed by atoms with Crippen molar-refractivity contribution in [1.82, 2.24) is 0 Å². The van der Waals surface area contributed by atoms with Gasteiger partial charge < -0.3 is 14.8 Å². The number of carbonyl (C=O) groups is 1. The lowest BCUT2D eigenvalue weighted by atomic mass is 10.1. The smallest absolute Gasteiger partial charge is 0.362 e. The molecule has 0 fully saturated rings. The Morgan fingerprint density at radius 2 is 2.00 bits per heavy atom. The van der Waals surface area contributed by atoms with Crippen LogP contribution in [-0.2, 0) is 14.4 Å². The zero-order chi connectivity index (χ0) is 13.4. The van der Waals surface area contributed by atoms with E-state index >= 15 is 0 Å². The van der Waals surface area contributed by atoms with Gasteiger partial charge in [0.2, 0.25) is 5.71 Å². The van der Waals surface area contributed by atoms with Crippen molar-refractivity contribution in [3.8, 4) is 0 Å². The Labute approximate surface area is 105 Å². The molecule has 0 aliphatic heterocycles. The molecular formula is C12H14N2O4. The van der Waals surface area contributed by atoms with Gasteiger partial charge >= 0.3 is 5.97 Å². The van der Waals surface area contributed by atoms with Crippen molar-refractivity contribution in [3.63, 3.8) is 0 Å². The van der Waals surface area contributed by atoms with Crippen molar-refractivity contribution >= 4 is 17.4 Å². The average Bonchev–Trinajstić information content (AvgIpc) is 2.40. The van der Waals surface area contributed by atoms with Gasteiger partial charge in [-0.25, -0.2) is 4.79 Å². The summed E-state index contributed by atoms with van der Waals surface area (Å²) in [4.78, 5) is 16.3. The molecule has 0 aliphatic carbocycles. The largest absolute Gasteiger partial charge is 0.461 e. The van der Waals surface area contributed by atoms with Crippen LogP contribution >= 0.6 is 0 Å². The quantitative estimate of drug-likeness (QED) is 0.371. The van der Waals surface area contributed by atoms with Gasteiger partial charge in [0.05, 0.1) is 6.61 Å². The van der Waals surface area contributed by atoms with E-state index in [1.54, 1.807) is 31.2 Å². The summed E-state index contributed by atoms with van der Waals surface area (Å²) in [6.45, 7) is 1.83. The number of hydrogen-bond acceptors (Lipinski definition) is 6. The van der Waals surface area contributed by atoms with Crippen molar-refractivity contribution in [1.29, 1.82) is 0 Å². The van der Waals surface area contributed by atoms with E-state index in [4.69, 9.17) is 9.94 Å². The first-order valence-electron chi connectivity index (χ1n) is 5.30. The van der Waals surface area contributed by atoms with Crippen LogP contribution in [0.5, 0.6) is 0 Å². The summed E-state index contributed by atoms with van der Waals surface area (Å²) in [7, 11) is 1.34. The third kappa shape index (κ3) is 3.31. The van der Waals surface area contributed by atoms with Gasteiger partial charge in [-0.15, -0.1) is 0 Å². The Morgan fingerprint density at radius 3 is 2.50 bits per heavy atom. The van der Waals surface area contributed by atoms with Crippen LogP contribution < -0.4 is 0 Å². The molecule has 0 heterocycles. The second kappa shape index (κ2) is 7.05. The van der Waals surface area contributed by atoms with E-state index in [0.29, 0.717) is 5.56 Å². The monoisotopic (exact) mass is 250 g/mol. The van der Waals surface area contributed by atoms with Gasteiger partial charge in [-0.05, 0) is 6.92 Å². The fraction of sp³-hybridized carbons (Fsp3) is 0.250. The molecule has 0 bridgehead atoms. The second-order valence-corrected chi connectivity index (χ2v) is 3.16. The summed E-state index contributed by atoms with van der Waals surface area (Å²) in [6.07, 6.45) is 0. The van der Waals surface area contributed by atoms with Gasteiger partial charge in [-0.3, -0.25) is 0 Å². The fourth-order valence-electron chi connectivity index (χ4n) is 1.30. The number of ether oxygens (including phenoxy) is 1. The van der Waals surface area contributed by atoms with Crippen LogP contribution in [0, 0.1) is 0 Å². The standard InChI is InChI=1S/C12H14N2O4/c1-3-18-12(15)11(13-16)10(14-17-2)9-7-5-4-6-8-9/h4-8,16H,3H2,1-2H3/b13-11-,14-10-. The lowest BCUT2D eigenvalue weighted by Gasteiger charge is -2.07. The van der Waals surface area contributed by atoms with Crippen LogP contribution in [-0.4, -0.2) is 36.3 Å². The molecule has 1 aromatic carbocycles. The molecule has 0 aliphatic rings. The summed E-state index contributed by atoms with van der Waals surface area (Å²) >= 11 is 0. The van der Waals surface area contributed by atoms with Crippen molar-refractivity contribution in [2.75, 3.05) is 13.7 Å². The van der Waals surface area contributed by atoms with Crippen LogP contribution in [0.25, 0.3) is 0 Å². The second-order valence-electron chi connectivity index (χ2n) is 3.16. The van der Waals surface area contributed by atoms with Gasteiger partial charge in [-0.1, -0.05) is 40.6 Å². The highest BCUT2D eigenvalue weighted by molar-refractivity contribution is 6.68. The first-order chi connectivity index (χ1) is 8.74. The molecule has 0 unspecified atom stereocenters. The third-order valence-electron chi connectivity index (χ3n) is 2.02. The van der Waals surface area contributed by atoms with Crippen LogP contribution in [0.2, 0.25) is 0 Å². The number of rotatable bonds is 5. The topological polar surface area (TPSA) is 80.5 Å². The first kappa shape index (κ1) is 13.7.